The largest absolute Gasteiger partial charge is 0.466 e. The predicted molar refractivity (Wildman–Crippen MR) is 135 cm³/mol. The van der Waals surface area contributed by atoms with E-state index in [1.165, 1.54) is 83.5 Å². The van der Waals surface area contributed by atoms with Crippen molar-refractivity contribution in [3.05, 3.63) is 0 Å². The molecule has 0 fully saturated rings. The summed E-state index contributed by atoms with van der Waals surface area (Å²) in [6, 6.07) is 0. The van der Waals surface area contributed by atoms with Crippen LogP contribution in [-0.2, 0) is 19.1 Å². The van der Waals surface area contributed by atoms with Gasteiger partial charge in [-0.3, -0.25) is 9.59 Å². The van der Waals surface area contributed by atoms with Crippen LogP contribution in [0, 0.1) is 5.92 Å². The van der Waals surface area contributed by atoms with Gasteiger partial charge >= 0.3 is 11.9 Å². The van der Waals surface area contributed by atoms with E-state index in [1.807, 2.05) is 6.92 Å². The highest BCUT2D eigenvalue weighted by Gasteiger charge is 2.13. The fourth-order valence-corrected chi connectivity index (χ4v) is 3.85. The number of hydrogen-bond acceptors (Lipinski definition) is 4. The van der Waals surface area contributed by atoms with Gasteiger partial charge in [-0.25, -0.2) is 0 Å². The van der Waals surface area contributed by atoms with E-state index in [0.29, 0.717) is 12.5 Å². The van der Waals surface area contributed by atoms with E-state index in [4.69, 9.17) is 9.47 Å². The highest BCUT2D eigenvalue weighted by atomic mass is 16.5. The van der Waals surface area contributed by atoms with Crippen molar-refractivity contribution in [3.63, 3.8) is 0 Å². The molecule has 1 unspecified atom stereocenters. The van der Waals surface area contributed by atoms with Crippen LogP contribution in [0.3, 0.4) is 0 Å². The zero-order chi connectivity index (χ0) is 23.9. The van der Waals surface area contributed by atoms with Gasteiger partial charge in [0.15, 0.2) is 0 Å². The van der Waals surface area contributed by atoms with Crippen molar-refractivity contribution in [3.8, 4) is 0 Å². The Balaban J connectivity index is 3.35. The number of ether oxygens (including phenoxy) is 2. The molecule has 4 nitrogen and oxygen atoms in total. The lowest BCUT2D eigenvalue weighted by molar-refractivity contribution is -0.153. The Bertz CT molecular complexity index is 433. The quantitative estimate of drug-likeness (QED) is 0.115. The third-order valence-electron chi connectivity index (χ3n) is 6.03. The summed E-state index contributed by atoms with van der Waals surface area (Å²) in [5, 5.41) is 0. The van der Waals surface area contributed by atoms with Crippen molar-refractivity contribution >= 4 is 11.9 Å². The first-order valence-electron chi connectivity index (χ1n) is 13.8. The number of carbonyl (C=O) groups is 2. The fraction of sp³-hybridized carbons (Fsp3) is 0.929. The monoisotopic (exact) mass is 454 g/mol. The highest BCUT2D eigenvalue weighted by molar-refractivity contribution is 5.77. The van der Waals surface area contributed by atoms with Crippen LogP contribution in [0.1, 0.15) is 150 Å². The lowest BCUT2D eigenvalue weighted by Crippen LogP contribution is -2.17. The molecule has 0 aromatic carbocycles. The first-order valence-corrected chi connectivity index (χ1v) is 13.8. The van der Waals surface area contributed by atoms with E-state index in [2.05, 4.69) is 20.8 Å². The van der Waals surface area contributed by atoms with Crippen LogP contribution in [0.4, 0.5) is 0 Å². The SMILES string of the molecule is CCCCCCCCCCCCCCCCCOC(=O)CCC(=O)OC(C)CCC(C)C. The maximum atomic E-state index is 11.8. The average Bonchev–Trinajstić information content (AvgIpc) is 2.76. The van der Waals surface area contributed by atoms with Crippen LogP contribution in [0.5, 0.6) is 0 Å². The lowest BCUT2D eigenvalue weighted by atomic mass is 10.0. The molecule has 0 amide bonds. The molecule has 0 heterocycles. The second-order valence-corrected chi connectivity index (χ2v) is 9.94. The molecule has 0 aliphatic heterocycles. The van der Waals surface area contributed by atoms with Crippen LogP contribution in [-0.4, -0.2) is 24.6 Å². The number of esters is 2. The smallest absolute Gasteiger partial charge is 0.306 e. The third-order valence-corrected chi connectivity index (χ3v) is 6.03. The Labute approximate surface area is 199 Å². The predicted octanol–water partition coefficient (Wildman–Crippen LogP) is 8.55. The molecule has 0 saturated carbocycles. The molecule has 0 bridgehead atoms. The summed E-state index contributed by atoms with van der Waals surface area (Å²) < 4.78 is 10.6. The Kier molecular flexibility index (Phi) is 22.3. The van der Waals surface area contributed by atoms with E-state index in [9.17, 15) is 9.59 Å². The van der Waals surface area contributed by atoms with Crippen molar-refractivity contribution in [2.75, 3.05) is 6.61 Å². The summed E-state index contributed by atoms with van der Waals surface area (Å²) in [4.78, 5) is 23.6. The summed E-state index contributed by atoms with van der Waals surface area (Å²) in [6.07, 6.45) is 21.9. The van der Waals surface area contributed by atoms with Crippen molar-refractivity contribution in [2.24, 2.45) is 5.92 Å². The molecule has 0 aromatic rings. The second-order valence-electron chi connectivity index (χ2n) is 9.94. The Morgan fingerprint density at radius 2 is 1.03 bits per heavy atom. The molecule has 0 spiro atoms. The van der Waals surface area contributed by atoms with Crippen LogP contribution in [0.15, 0.2) is 0 Å². The molecule has 0 rings (SSSR count). The number of hydrogen-bond donors (Lipinski definition) is 0. The summed E-state index contributed by atoms with van der Waals surface area (Å²) in [5.41, 5.74) is 0. The van der Waals surface area contributed by atoms with Gasteiger partial charge in [0.2, 0.25) is 0 Å². The van der Waals surface area contributed by atoms with Crippen LogP contribution < -0.4 is 0 Å². The van der Waals surface area contributed by atoms with Gasteiger partial charge in [0, 0.05) is 0 Å². The standard InChI is InChI=1S/C28H54O4/c1-5-6-7-8-9-10-11-12-13-14-15-16-17-18-19-24-31-27(29)22-23-28(30)32-26(4)21-20-25(2)3/h25-26H,5-24H2,1-4H3. The molecule has 0 aromatic heterocycles. The van der Waals surface area contributed by atoms with Gasteiger partial charge < -0.3 is 9.47 Å². The molecule has 190 valence electrons. The molecule has 4 heteroatoms. The first kappa shape index (κ1) is 30.9. The van der Waals surface area contributed by atoms with Gasteiger partial charge in [0.1, 0.15) is 0 Å². The summed E-state index contributed by atoms with van der Waals surface area (Å²) >= 11 is 0. The third kappa shape index (κ3) is 23.6. The molecular formula is C28H54O4. The van der Waals surface area contributed by atoms with Crippen molar-refractivity contribution in [1.82, 2.24) is 0 Å². The molecule has 0 aliphatic carbocycles. The van der Waals surface area contributed by atoms with Gasteiger partial charge in [-0.2, -0.15) is 0 Å². The number of carbonyl (C=O) groups excluding carboxylic acids is 2. The maximum absolute atomic E-state index is 11.8. The van der Waals surface area contributed by atoms with Crippen molar-refractivity contribution < 1.29 is 19.1 Å². The van der Waals surface area contributed by atoms with Crippen LogP contribution in [0.2, 0.25) is 0 Å². The molecule has 0 N–H and O–H groups in total. The zero-order valence-corrected chi connectivity index (χ0v) is 21.9. The topological polar surface area (TPSA) is 52.6 Å². The summed E-state index contributed by atoms with van der Waals surface area (Å²) in [6.45, 7) is 8.97. The average molecular weight is 455 g/mol. The van der Waals surface area contributed by atoms with Crippen molar-refractivity contribution in [1.29, 1.82) is 0 Å². The van der Waals surface area contributed by atoms with Gasteiger partial charge in [0.05, 0.1) is 25.6 Å². The minimum atomic E-state index is -0.301. The van der Waals surface area contributed by atoms with E-state index in [-0.39, 0.29) is 30.9 Å². The Morgan fingerprint density at radius 1 is 0.594 bits per heavy atom. The minimum absolute atomic E-state index is 0.0822. The second kappa shape index (κ2) is 23.1. The van der Waals surface area contributed by atoms with Gasteiger partial charge in [0.25, 0.3) is 0 Å². The number of unbranched alkanes of at least 4 members (excludes halogenated alkanes) is 14. The lowest BCUT2D eigenvalue weighted by Gasteiger charge is -2.14. The molecule has 0 saturated heterocycles. The molecule has 1 atom stereocenters. The normalized spacial score (nSPS) is 12.2. The first-order chi connectivity index (χ1) is 15.5. The van der Waals surface area contributed by atoms with Crippen LogP contribution in [0.25, 0.3) is 0 Å². The summed E-state index contributed by atoms with van der Waals surface area (Å²) in [7, 11) is 0. The zero-order valence-electron chi connectivity index (χ0n) is 21.9. The molecule has 0 radical (unpaired) electrons. The highest BCUT2D eigenvalue weighted by Crippen LogP contribution is 2.14. The molecule has 0 aliphatic rings. The van der Waals surface area contributed by atoms with E-state index in [1.54, 1.807) is 0 Å². The van der Waals surface area contributed by atoms with E-state index >= 15 is 0 Å². The number of rotatable bonds is 23. The van der Waals surface area contributed by atoms with E-state index in [0.717, 1.165) is 25.7 Å². The van der Waals surface area contributed by atoms with Gasteiger partial charge in [-0.05, 0) is 32.1 Å². The van der Waals surface area contributed by atoms with Crippen molar-refractivity contribution in [2.45, 2.75) is 156 Å². The van der Waals surface area contributed by atoms with Gasteiger partial charge in [-0.1, -0.05) is 111 Å². The molecular weight excluding hydrogens is 400 g/mol. The summed E-state index contributed by atoms with van der Waals surface area (Å²) in [5.74, 6) is 0.0122. The maximum Gasteiger partial charge on any atom is 0.306 e. The van der Waals surface area contributed by atoms with E-state index < -0.39 is 0 Å². The molecule has 32 heavy (non-hydrogen) atoms. The Hall–Kier alpha value is -1.06. The van der Waals surface area contributed by atoms with Gasteiger partial charge in [-0.15, -0.1) is 0 Å². The van der Waals surface area contributed by atoms with Crippen LogP contribution >= 0.6 is 0 Å². The Morgan fingerprint density at radius 3 is 1.50 bits per heavy atom. The minimum Gasteiger partial charge on any atom is -0.466 e. The fourth-order valence-electron chi connectivity index (χ4n) is 3.85.